The van der Waals surface area contributed by atoms with Gasteiger partial charge in [-0.15, -0.1) is 0 Å². The third kappa shape index (κ3) is 5.48. The molecule has 0 aliphatic carbocycles. The van der Waals surface area contributed by atoms with Crippen LogP contribution in [0.2, 0.25) is 0 Å². The summed E-state index contributed by atoms with van der Waals surface area (Å²) < 4.78 is 31.4. The molecule has 0 fully saturated rings. The lowest BCUT2D eigenvalue weighted by atomic mass is 10.1. The number of sulfonamides is 1. The number of anilines is 1. The van der Waals surface area contributed by atoms with E-state index in [0.717, 1.165) is 28.7 Å². The molecule has 1 atom stereocenters. The van der Waals surface area contributed by atoms with E-state index in [-0.39, 0.29) is 5.91 Å². The maximum atomic E-state index is 12.9. The second-order valence-electron chi connectivity index (χ2n) is 6.89. The van der Waals surface area contributed by atoms with Crippen molar-refractivity contribution < 1.29 is 17.9 Å². The Morgan fingerprint density at radius 1 is 1.11 bits per heavy atom. The first-order valence-corrected chi connectivity index (χ1v) is 11.0. The van der Waals surface area contributed by atoms with Crippen LogP contribution in [0.25, 0.3) is 0 Å². The number of amides is 1. The molecule has 0 unspecified atom stereocenters. The molecule has 6 nitrogen and oxygen atoms in total. The molecule has 0 aliphatic rings. The minimum absolute atomic E-state index is 0.309. The Labute approximate surface area is 167 Å². The van der Waals surface area contributed by atoms with E-state index in [9.17, 15) is 13.2 Å². The third-order valence-electron chi connectivity index (χ3n) is 4.42. The zero-order valence-electron chi connectivity index (χ0n) is 17.0. The monoisotopic (exact) mass is 404 g/mol. The summed E-state index contributed by atoms with van der Waals surface area (Å²) >= 11 is 0. The Morgan fingerprint density at radius 3 is 2.14 bits per heavy atom. The number of aryl methyl sites for hydroxylation is 2. The number of hydrogen-bond acceptors (Lipinski definition) is 4. The Balaban J connectivity index is 2.25. The van der Waals surface area contributed by atoms with Crippen LogP contribution >= 0.6 is 0 Å². The summed E-state index contributed by atoms with van der Waals surface area (Å²) in [6.45, 7) is 5.92. The first-order valence-electron chi connectivity index (χ1n) is 9.14. The van der Waals surface area contributed by atoms with Crippen LogP contribution in [0.1, 0.15) is 30.0 Å². The van der Waals surface area contributed by atoms with Gasteiger partial charge in [-0.1, -0.05) is 25.1 Å². The quantitative estimate of drug-likeness (QED) is 0.733. The number of benzene rings is 2. The summed E-state index contributed by atoms with van der Waals surface area (Å²) in [7, 11) is -2.05. The SMILES string of the molecule is CC[C@@H](C(=O)NCc1ccc(OC)cc1)N(c1cc(C)cc(C)c1)S(C)(=O)=O. The zero-order valence-corrected chi connectivity index (χ0v) is 17.8. The van der Waals surface area contributed by atoms with Crippen molar-refractivity contribution in [1.29, 1.82) is 0 Å². The molecule has 0 radical (unpaired) electrons. The van der Waals surface area contributed by atoms with Crippen molar-refractivity contribution in [2.24, 2.45) is 0 Å². The van der Waals surface area contributed by atoms with Crippen molar-refractivity contribution in [3.8, 4) is 5.75 Å². The van der Waals surface area contributed by atoms with Crippen molar-refractivity contribution in [3.63, 3.8) is 0 Å². The topological polar surface area (TPSA) is 75.7 Å². The largest absolute Gasteiger partial charge is 0.497 e. The second-order valence-corrected chi connectivity index (χ2v) is 8.75. The highest BCUT2D eigenvalue weighted by Crippen LogP contribution is 2.25. The fraction of sp³-hybridized carbons (Fsp3) is 0.381. The van der Waals surface area contributed by atoms with Gasteiger partial charge in [0.15, 0.2) is 0 Å². The Morgan fingerprint density at radius 2 is 1.68 bits per heavy atom. The molecule has 2 rings (SSSR count). The normalized spacial score (nSPS) is 12.3. The van der Waals surface area contributed by atoms with Gasteiger partial charge in [0.1, 0.15) is 11.8 Å². The molecule has 0 aliphatic heterocycles. The van der Waals surface area contributed by atoms with Crippen LogP contribution in [0, 0.1) is 13.8 Å². The predicted molar refractivity (Wildman–Crippen MR) is 112 cm³/mol. The molecule has 1 N–H and O–H groups in total. The van der Waals surface area contributed by atoms with E-state index in [0.29, 0.717) is 18.7 Å². The molecule has 152 valence electrons. The standard InChI is InChI=1S/C21H28N2O4S/c1-6-20(21(24)22-14-17-7-9-19(27-4)10-8-17)23(28(5,25)26)18-12-15(2)11-16(3)13-18/h7-13,20H,6,14H2,1-5H3,(H,22,24)/t20-/m0/s1. The van der Waals surface area contributed by atoms with Gasteiger partial charge in [0.25, 0.3) is 0 Å². The van der Waals surface area contributed by atoms with E-state index in [1.165, 1.54) is 4.31 Å². The first kappa shape index (κ1) is 21.8. The van der Waals surface area contributed by atoms with E-state index in [4.69, 9.17) is 4.74 Å². The molecule has 28 heavy (non-hydrogen) atoms. The van der Waals surface area contributed by atoms with Crippen LogP contribution in [0.15, 0.2) is 42.5 Å². The van der Waals surface area contributed by atoms with E-state index < -0.39 is 16.1 Å². The average molecular weight is 405 g/mol. The number of carbonyl (C=O) groups is 1. The number of hydrogen-bond donors (Lipinski definition) is 1. The van der Waals surface area contributed by atoms with Crippen LogP contribution in [0.4, 0.5) is 5.69 Å². The van der Waals surface area contributed by atoms with Gasteiger partial charge in [0, 0.05) is 6.54 Å². The molecule has 0 heterocycles. The van der Waals surface area contributed by atoms with Gasteiger partial charge in [0.05, 0.1) is 19.1 Å². The van der Waals surface area contributed by atoms with Gasteiger partial charge in [0.2, 0.25) is 15.9 Å². The maximum Gasteiger partial charge on any atom is 0.244 e. The molecular formula is C21H28N2O4S. The Kier molecular flexibility index (Phi) is 7.07. The van der Waals surface area contributed by atoms with Gasteiger partial charge in [-0.25, -0.2) is 8.42 Å². The molecular weight excluding hydrogens is 376 g/mol. The van der Waals surface area contributed by atoms with Gasteiger partial charge in [-0.2, -0.15) is 0 Å². The molecule has 1 amide bonds. The smallest absolute Gasteiger partial charge is 0.244 e. The summed E-state index contributed by atoms with van der Waals surface area (Å²) in [6.07, 6.45) is 1.48. The molecule has 2 aromatic carbocycles. The fourth-order valence-electron chi connectivity index (χ4n) is 3.19. The molecule has 7 heteroatoms. The Hall–Kier alpha value is -2.54. The van der Waals surface area contributed by atoms with Crippen LogP contribution in [0.3, 0.4) is 0 Å². The van der Waals surface area contributed by atoms with E-state index >= 15 is 0 Å². The van der Waals surface area contributed by atoms with Crippen molar-refractivity contribution in [2.45, 2.75) is 39.8 Å². The van der Waals surface area contributed by atoms with Crippen molar-refractivity contribution in [3.05, 3.63) is 59.2 Å². The molecule has 0 bridgehead atoms. The van der Waals surface area contributed by atoms with Crippen molar-refractivity contribution >= 4 is 21.6 Å². The van der Waals surface area contributed by atoms with Crippen LogP contribution in [-0.2, 0) is 21.4 Å². The average Bonchev–Trinajstić information content (AvgIpc) is 2.62. The van der Waals surface area contributed by atoms with Gasteiger partial charge in [-0.05, 0) is 61.2 Å². The summed E-state index contributed by atoms with van der Waals surface area (Å²) in [5, 5.41) is 2.85. The lowest BCUT2D eigenvalue weighted by Gasteiger charge is -2.30. The maximum absolute atomic E-state index is 12.9. The highest BCUT2D eigenvalue weighted by Gasteiger charge is 2.31. The predicted octanol–water partition coefficient (Wildman–Crippen LogP) is 3.17. The van der Waals surface area contributed by atoms with E-state index in [1.807, 2.05) is 44.2 Å². The number of methoxy groups -OCH3 is 1. The van der Waals surface area contributed by atoms with Crippen molar-refractivity contribution in [1.82, 2.24) is 5.32 Å². The first-order chi connectivity index (χ1) is 13.2. The van der Waals surface area contributed by atoms with Crippen LogP contribution < -0.4 is 14.4 Å². The van der Waals surface area contributed by atoms with Gasteiger partial charge in [-0.3, -0.25) is 9.10 Å². The van der Waals surface area contributed by atoms with Crippen LogP contribution in [0.5, 0.6) is 5.75 Å². The minimum atomic E-state index is -3.64. The van der Waals surface area contributed by atoms with Gasteiger partial charge >= 0.3 is 0 Å². The third-order valence-corrected chi connectivity index (χ3v) is 5.60. The Bertz CT molecular complexity index is 904. The van der Waals surface area contributed by atoms with E-state index in [1.54, 1.807) is 26.2 Å². The number of nitrogens with one attached hydrogen (secondary N) is 1. The molecule has 0 aromatic heterocycles. The molecule has 0 saturated carbocycles. The van der Waals surface area contributed by atoms with E-state index in [2.05, 4.69) is 5.32 Å². The van der Waals surface area contributed by atoms with Crippen molar-refractivity contribution in [2.75, 3.05) is 17.7 Å². The molecule has 2 aromatic rings. The number of carbonyl (C=O) groups excluding carboxylic acids is 1. The zero-order chi connectivity index (χ0) is 20.9. The molecule has 0 spiro atoms. The number of nitrogens with zero attached hydrogens (tertiary/aromatic N) is 1. The van der Waals surface area contributed by atoms with Crippen LogP contribution in [-0.4, -0.2) is 33.7 Å². The second kappa shape index (κ2) is 9.10. The summed E-state index contributed by atoms with van der Waals surface area (Å²) in [5.41, 5.74) is 3.29. The highest BCUT2D eigenvalue weighted by molar-refractivity contribution is 7.92. The fourth-order valence-corrected chi connectivity index (χ4v) is 4.38. The summed E-state index contributed by atoms with van der Waals surface area (Å²) in [5.74, 6) is 0.405. The van der Waals surface area contributed by atoms with Gasteiger partial charge < -0.3 is 10.1 Å². The lowest BCUT2D eigenvalue weighted by Crippen LogP contribution is -2.49. The minimum Gasteiger partial charge on any atom is -0.497 e. The summed E-state index contributed by atoms with van der Waals surface area (Å²) in [4.78, 5) is 12.9. The lowest BCUT2D eigenvalue weighted by molar-refractivity contribution is -0.122. The number of ether oxygens (including phenoxy) is 1. The summed E-state index contributed by atoms with van der Waals surface area (Å²) in [6, 6.07) is 12.1. The number of rotatable bonds is 8. The molecule has 0 saturated heterocycles. The highest BCUT2D eigenvalue weighted by atomic mass is 32.2.